The molecule has 2 atom stereocenters. The van der Waals surface area contributed by atoms with Gasteiger partial charge in [0.05, 0.1) is 6.10 Å². The van der Waals surface area contributed by atoms with Gasteiger partial charge in [0.2, 0.25) is 0 Å². The van der Waals surface area contributed by atoms with Crippen LogP contribution >= 0.6 is 0 Å². The van der Waals surface area contributed by atoms with Crippen LogP contribution in [-0.4, -0.2) is 11.2 Å². The molecule has 0 unspecified atom stereocenters. The second-order valence-corrected chi connectivity index (χ2v) is 3.78. The fourth-order valence-corrected chi connectivity index (χ4v) is 2.11. The maximum Gasteiger partial charge on any atom is 0.0605 e. The maximum absolute atomic E-state index is 9.42. The van der Waals surface area contributed by atoms with Crippen LogP contribution in [0.15, 0.2) is 11.6 Å². The van der Waals surface area contributed by atoms with Crippen LogP contribution in [-0.2, 0) is 0 Å². The SMILES string of the molecule is O[C@@H]1CC[C@H]1C1=CCCCC1. The summed E-state index contributed by atoms with van der Waals surface area (Å²) in [5.74, 6) is 0.551. The fraction of sp³-hybridized carbons (Fsp3) is 0.800. The zero-order chi connectivity index (χ0) is 7.68. The van der Waals surface area contributed by atoms with Crippen molar-refractivity contribution in [2.75, 3.05) is 0 Å². The molecule has 11 heavy (non-hydrogen) atoms. The lowest BCUT2D eigenvalue weighted by Crippen LogP contribution is -2.32. The summed E-state index contributed by atoms with van der Waals surface area (Å²) in [7, 11) is 0. The average molecular weight is 152 g/mol. The monoisotopic (exact) mass is 152 g/mol. The second kappa shape index (κ2) is 2.98. The second-order valence-electron chi connectivity index (χ2n) is 3.78. The zero-order valence-electron chi connectivity index (χ0n) is 6.92. The molecule has 0 spiro atoms. The van der Waals surface area contributed by atoms with Crippen LogP contribution in [0.3, 0.4) is 0 Å². The van der Waals surface area contributed by atoms with Crippen molar-refractivity contribution < 1.29 is 5.11 Å². The van der Waals surface area contributed by atoms with Crippen molar-refractivity contribution in [1.82, 2.24) is 0 Å². The van der Waals surface area contributed by atoms with Gasteiger partial charge in [0.15, 0.2) is 0 Å². The molecule has 2 aliphatic rings. The minimum atomic E-state index is -0.000602. The van der Waals surface area contributed by atoms with Crippen LogP contribution in [0.4, 0.5) is 0 Å². The normalized spacial score (nSPS) is 37.7. The van der Waals surface area contributed by atoms with Crippen LogP contribution in [0, 0.1) is 5.92 Å². The van der Waals surface area contributed by atoms with E-state index in [0.717, 1.165) is 6.42 Å². The number of rotatable bonds is 1. The first kappa shape index (κ1) is 7.35. The summed E-state index contributed by atoms with van der Waals surface area (Å²) >= 11 is 0. The highest BCUT2D eigenvalue weighted by molar-refractivity contribution is 5.14. The standard InChI is InChI=1S/C10H16O/c11-10-7-6-9(10)8-4-2-1-3-5-8/h4,9-11H,1-3,5-7H2/t9-,10+/m0/s1. The molecule has 62 valence electrons. The van der Waals surface area contributed by atoms with Crippen molar-refractivity contribution in [2.45, 2.75) is 44.6 Å². The highest BCUT2D eigenvalue weighted by Crippen LogP contribution is 2.37. The van der Waals surface area contributed by atoms with E-state index in [-0.39, 0.29) is 6.10 Å². The summed E-state index contributed by atoms with van der Waals surface area (Å²) in [6.45, 7) is 0. The maximum atomic E-state index is 9.42. The average Bonchev–Trinajstić information content (AvgIpc) is 2.04. The Morgan fingerprint density at radius 3 is 2.64 bits per heavy atom. The molecule has 0 saturated heterocycles. The molecule has 0 aromatic carbocycles. The molecular formula is C10H16O. The highest BCUT2D eigenvalue weighted by atomic mass is 16.3. The van der Waals surface area contributed by atoms with Crippen LogP contribution in [0.1, 0.15) is 38.5 Å². The predicted molar refractivity (Wildman–Crippen MR) is 45.3 cm³/mol. The van der Waals surface area contributed by atoms with Crippen molar-refractivity contribution in [2.24, 2.45) is 5.92 Å². The lowest BCUT2D eigenvalue weighted by atomic mass is 9.74. The van der Waals surface area contributed by atoms with E-state index in [1.807, 2.05) is 0 Å². The predicted octanol–water partition coefficient (Wildman–Crippen LogP) is 2.26. The minimum Gasteiger partial charge on any atom is -0.393 e. The topological polar surface area (TPSA) is 20.2 Å². The molecule has 0 heterocycles. The Morgan fingerprint density at radius 1 is 1.27 bits per heavy atom. The molecule has 1 heteroatoms. The Morgan fingerprint density at radius 2 is 2.18 bits per heavy atom. The number of aliphatic hydroxyl groups excluding tert-OH is 1. The van der Waals surface area contributed by atoms with E-state index in [9.17, 15) is 5.11 Å². The third-order valence-electron chi connectivity index (χ3n) is 3.04. The van der Waals surface area contributed by atoms with E-state index in [4.69, 9.17) is 0 Å². The molecule has 0 aromatic heterocycles. The molecule has 0 bridgehead atoms. The van der Waals surface area contributed by atoms with Gasteiger partial charge in [-0.15, -0.1) is 0 Å². The summed E-state index contributed by atoms with van der Waals surface area (Å²) < 4.78 is 0. The van der Waals surface area contributed by atoms with E-state index in [0.29, 0.717) is 5.92 Å². The van der Waals surface area contributed by atoms with E-state index in [1.54, 1.807) is 5.57 Å². The van der Waals surface area contributed by atoms with Crippen LogP contribution in [0.2, 0.25) is 0 Å². The van der Waals surface area contributed by atoms with Crippen molar-refractivity contribution in [3.63, 3.8) is 0 Å². The molecule has 0 radical (unpaired) electrons. The van der Waals surface area contributed by atoms with Gasteiger partial charge in [0, 0.05) is 5.92 Å². The van der Waals surface area contributed by atoms with Crippen molar-refractivity contribution >= 4 is 0 Å². The molecule has 0 amide bonds. The van der Waals surface area contributed by atoms with Crippen LogP contribution < -0.4 is 0 Å². The van der Waals surface area contributed by atoms with Gasteiger partial charge in [-0.25, -0.2) is 0 Å². The van der Waals surface area contributed by atoms with Gasteiger partial charge < -0.3 is 5.11 Å². The first-order valence-corrected chi connectivity index (χ1v) is 4.75. The lowest BCUT2D eigenvalue weighted by molar-refractivity contribution is 0.0414. The van der Waals surface area contributed by atoms with Gasteiger partial charge in [-0.2, -0.15) is 0 Å². The zero-order valence-corrected chi connectivity index (χ0v) is 6.92. The van der Waals surface area contributed by atoms with Gasteiger partial charge in [0.1, 0.15) is 0 Å². The molecule has 2 rings (SSSR count). The quantitative estimate of drug-likeness (QED) is 0.571. The Kier molecular flexibility index (Phi) is 1.99. The third-order valence-corrected chi connectivity index (χ3v) is 3.04. The summed E-state index contributed by atoms with van der Waals surface area (Å²) in [5.41, 5.74) is 1.55. The minimum absolute atomic E-state index is 0.000602. The molecule has 1 nitrogen and oxygen atoms in total. The van der Waals surface area contributed by atoms with Gasteiger partial charge in [-0.05, 0) is 38.5 Å². The van der Waals surface area contributed by atoms with Crippen LogP contribution in [0.25, 0.3) is 0 Å². The Bertz CT molecular complexity index is 172. The van der Waals surface area contributed by atoms with E-state index in [2.05, 4.69) is 6.08 Å². The number of hydrogen-bond acceptors (Lipinski definition) is 1. The summed E-state index contributed by atoms with van der Waals surface area (Å²) in [5, 5.41) is 9.42. The summed E-state index contributed by atoms with van der Waals surface area (Å²) in [6, 6.07) is 0. The van der Waals surface area contributed by atoms with E-state index < -0.39 is 0 Å². The van der Waals surface area contributed by atoms with Gasteiger partial charge in [0.25, 0.3) is 0 Å². The highest BCUT2D eigenvalue weighted by Gasteiger charge is 2.31. The third kappa shape index (κ3) is 1.34. The number of aliphatic hydroxyl groups is 1. The van der Waals surface area contributed by atoms with Gasteiger partial charge in [-0.1, -0.05) is 11.6 Å². The first-order chi connectivity index (χ1) is 5.38. The molecule has 2 aliphatic carbocycles. The fourth-order valence-electron chi connectivity index (χ4n) is 2.11. The summed E-state index contributed by atoms with van der Waals surface area (Å²) in [4.78, 5) is 0. The lowest BCUT2D eigenvalue weighted by Gasteiger charge is -2.35. The van der Waals surface area contributed by atoms with Crippen molar-refractivity contribution in [3.05, 3.63) is 11.6 Å². The van der Waals surface area contributed by atoms with Crippen molar-refractivity contribution in [3.8, 4) is 0 Å². The van der Waals surface area contributed by atoms with E-state index in [1.165, 1.54) is 32.1 Å². The molecule has 1 N–H and O–H groups in total. The van der Waals surface area contributed by atoms with Gasteiger partial charge >= 0.3 is 0 Å². The Hall–Kier alpha value is -0.300. The largest absolute Gasteiger partial charge is 0.393 e. The Balaban J connectivity index is 1.97. The van der Waals surface area contributed by atoms with Crippen LogP contribution in [0.5, 0.6) is 0 Å². The smallest absolute Gasteiger partial charge is 0.0605 e. The van der Waals surface area contributed by atoms with E-state index >= 15 is 0 Å². The van der Waals surface area contributed by atoms with Gasteiger partial charge in [-0.3, -0.25) is 0 Å². The number of allylic oxidation sites excluding steroid dienone is 1. The Labute approximate surface area is 68.1 Å². The van der Waals surface area contributed by atoms with Crippen molar-refractivity contribution in [1.29, 1.82) is 0 Å². The molecule has 1 saturated carbocycles. The molecule has 0 aromatic rings. The molecular weight excluding hydrogens is 136 g/mol. The molecule has 1 fully saturated rings. The molecule has 0 aliphatic heterocycles. The number of hydrogen-bond donors (Lipinski definition) is 1. The first-order valence-electron chi connectivity index (χ1n) is 4.75. The summed E-state index contributed by atoms with van der Waals surface area (Å²) in [6.07, 6.45) is 9.81.